The number of hydrogen-bond acceptors (Lipinski definition) is 5. The molecule has 3 aromatic rings. The number of rotatable bonds is 7. The summed E-state index contributed by atoms with van der Waals surface area (Å²) < 4.78 is 27.6. The van der Waals surface area contributed by atoms with Gasteiger partial charge in [-0.2, -0.15) is 0 Å². The average Bonchev–Trinajstić information content (AvgIpc) is 2.66. The Labute approximate surface area is 157 Å². The summed E-state index contributed by atoms with van der Waals surface area (Å²) in [5, 5.41) is 20.9. The molecule has 0 aromatic heterocycles. The van der Waals surface area contributed by atoms with Crippen LogP contribution < -0.4 is 4.74 Å². The summed E-state index contributed by atoms with van der Waals surface area (Å²) in [7, 11) is 0. The predicted molar refractivity (Wildman–Crippen MR) is 102 cm³/mol. The van der Waals surface area contributed by atoms with Crippen molar-refractivity contribution in [3.05, 3.63) is 81.9 Å². The lowest BCUT2D eigenvalue weighted by atomic mass is 9.97. The Balaban J connectivity index is 2.22. The number of hydrogen-bond donors (Lipinski definition) is 2. The van der Waals surface area contributed by atoms with Gasteiger partial charge in [-0.1, -0.05) is 42.5 Å². The standard InChI is InChI=1S/C19H17NO6S/c21-10-11-26-14-8-9-18(20(22)23)17(12-14)19(27(24)25)16-7-3-5-13-4-1-2-6-15(13)16/h1-9,12,19,21H,10-11H2,(H,24,25). The van der Waals surface area contributed by atoms with Gasteiger partial charge in [-0.25, -0.2) is 4.21 Å². The van der Waals surface area contributed by atoms with Gasteiger partial charge in [0, 0.05) is 6.07 Å². The van der Waals surface area contributed by atoms with E-state index in [9.17, 15) is 18.9 Å². The number of aliphatic hydroxyl groups excluding tert-OH is 1. The van der Waals surface area contributed by atoms with Crippen LogP contribution in [0.5, 0.6) is 5.75 Å². The van der Waals surface area contributed by atoms with Gasteiger partial charge in [0.1, 0.15) is 17.6 Å². The van der Waals surface area contributed by atoms with Crippen molar-refractivity contribution >= 4 is 27.5 Å². The van der Waals surface area contributed by atoms with Crippen molar-refractivity contribution in [1.82, 2.24) is 0 Å². The van der Waals surface area contributed by atoms with Crippen molar-refractivity contribution in [2.45, 2.75) is 5.25 Å². The van der Waals surface area contributed by atoms with E-state index < -0.39 is 21.3 Å². The number of ether oxygens (including phenoxy) is 1. The molecule has 0 saturated carbocycles. The highest BCUT2D eigenvalue weighted by molar-refractivity contribution is 7.79. The van der Waals surface area contributed by atoms with E-state index in [1.54, 1.807) is 18.2 Å². The van der Waals surface area contributed by atoms with Crippen LogP contribution in [0.25, 0.3) is 10.8 Å². The second kappa shape index (κ2) is 8.26. The van der Waals surface area contributed by atoms with E-state index in [1.165, 1.54) is 18.2 Å². The zero-order valence-electron chi connectivity index (χ0n) is 14.1. The molecule has 0 spiro atoms. The zero-order valence-corrected chi connectivity index (χ0v) is 15.0. The Morgan fingerprint density at radius 1 is 1.07 bits per heavy atom. The molecule has 7 nitrogen and oxygen atoms in total. The van der Waals surface area contributed by atoms with Gasteiger partial charge in [-0.3, -0.25) is 10.1 Å². The molecule has 0 amide bonds. The minimum Gasteiger partial charge on any atom is -0.491 e. The summed E-state index contributed by atoms with van der Waals surface area (Å²) in [6, 6.07) is 16.7. The largest absolute Gasteiger partial charge is 0.491 e. The maximum Gasteiger partial charge on any atom is 0.274 e. The number of benzene rings is 3. The smallest absolute Gasteiger partial charge is 0.274 e. The Bertz CT molecular complexity index is 1000. The van der Waals surface area contributed by atoms with Crippen LogP contribution in [0.1, 0.15) is 16.4 Å². The minimum atomic E-state index is -2.41. The van der Waals surface area contributed by atoms with Crippen LogP contribution in [0.2, 0.25) is 0 Å². The maximum absolute atomic E-state index is 12.3. The Morgan fingerprint density at radius 3 is 2.52 bits per heavy atom. The number of fused-ring (bicyclic) bond motifs is 1. The SMILES string of the molecule is O=[N+]([O-])c1ccc(OCCO)cc1C(c1cccc2ccccc12)S(=O)O. The van der Waals surface area contributed by atoms with E-state index in [4.69, 9.17) is 9.84 Å². The van der Waals surface area contributed by atoms with Crippen LogP contribution in [0.15, 0.2) is 60.7 Å². The van der Waals surface area contributed by atoms with Crippen molar-refractivity contribution in [2.75, 3.05) is 13.2 Å². The molecule has 2 atom stereocenters. The quantitative estimate of drug-likeness (QED) is 0.365. The molecule has 140 valence electrons. The first-order valence-electron chi connectivity index (χ1n) is 8.12. The number of nitrogens with zero attached hydrogens (tertiary/aromatic N) is 1. The molecule has 0 aliphatic heterocycles. The second-order valence-corrected chi connectivity index (χ2v) is 6.80. The van der Waals surface area contributed by atoms with Gasteiger partial charge in [-0.05, 0) is 28.5 Å². The Hall–Kier alpha value is -2.81. The zero-order chi connectivity index (χ0) is 19.4. The maximum atomic E-state index is 12.3. The fourth-order valence-corrected chi connectivity index (χ4v) is 3.85. The third kappa shape index (κ3) is 3.97. The third-order valence-corrected chi connectivity index (χ3v) is 5.06. The molecule has 3 aromatic carbocycles. The highest BCUT2D eigenvalue weighted by Gasteiger charge is 2.30. The lowest BCUT2D eigenvalue weighted by Gasteiger charge is -2.17. The number of aliphatic hydroxyl groups is 1. The molecule has 0 saturated heterocycles. The lowest BCUT2D eigenvalue weighted by Crippen LogP contribution is -2.11. The molecule has 0 bridgehead atoms. The Morgan fingerprint density at radius 2 is 1.81 bits per heavy atom. The molecule has 0 aliphatic rings. The van der Waals surface area contributed by atoms with E-state index in [2.05, 4.69) is 0 Å². The lowest BCUT2D eigenvalue weighted by molar-refractivity contribution is -0.385. The van der Waals surface area contributed by atoms with Crippen LogP contribution in [-0.4, -0.2) is 32.0 Å². The van der Waals surface area contributed by atoms with Gasteiger partial charge >= 0.3 is 0 Å². The molecule has 27 heavy (non-hydrogen) atoms. The van der Waals surface area contributed by atoms with E-state index in [-0.39, 0.29) is 30.2 Å². The molecule has 8 heteroatoms. The monoisotopic (exact) mass is 387 g/mol. The fraction of sp³-hybridized carbons (Fsp3) is 0.158. The van der Waals surface area contributed by atoms with Crippen LogP contribution in [0.3, 0.4) is 0 Å². The minimum absolute atomic E-state index is 0.0123. The Kier molecular flexibility index (Phi) is 5.80. The van der Waals surface area contributed by atoms with E-state index >= 15 is 0 Å². The molecule has 0 radical (unpaired) electrons. The summed E-state index contributed by atoms with van der Waals surface area (Å²) >= 11 is -2.41. The summed E-state index contributed by atoms with van der Waals surface area (Å²) in [4.78, 5) is 10.9. The molecule has 3 rings (SSSR count). The number of nitro groups is 1. The van der Waals surface area contributed by atoms with Crippen molar-refractivity contribution in [1.29, 1.82) is 0 Å². The normalized spacial score (nSPS) is 13.3. The van der Waals surface area contributed by atoms with Gasteiger partial charge in [0.05, 0.1) is 17.1 Å². The van der Waals surface area contributed by atoms with Crippen molar-refractivity contribution < 1.29 is 23.5 Å². The van der Waals surface area contributed by atoms with Crippen molar-refractivity contribution in [3.8, 4) is 5.75 Å². The van der Waals surface area contributed by atoms with Gasteiger partial charge in [0.2, 0.25) is 0 Å². The van der Waals surface area contributed by atoms with Crippen LogP contribution in [-0.2, 0) is 11.1 Å². The third-order valence-electron chi connectivity index (χ3n) is 4.15. The predicted octanol–water partition coefficient (Wildman–Crippen LogP) is 3.43. The van der Waals surface area contributed by atoms with Gasteiger partial charge < -0.3 is 14.4 Å². The first kappa shape index (κ1) is 19.0. The van der Waals surface area contributed by atoms with Gasteiger partial charge in [0.15, 0.2) is 11.1 Å². The fourth-order valence-electron chi connectivity index (χ4n) is 3.03. The number of nitro benzene ring substituents is 1. The molecular formula is C19H17NO6S. The summed E-state index contributed by atoms with van der Waals surface area (Å²) in [6.45, 7) is -0.205. The van der Waals surface area contributed by atoms with Crippen molar-refractivity contribution in [3.63, 3.8) is 0 Å². The van der Waals surface area contributed by atoms with Crippen LogP contribution in [0.4, 0.5) is 5.69 Å². The molecule has 0 heterocycles. The second-order valence-electron chi connectivity index (χ2n) is 5.77. The summed E-state index contributed by atoms with van der Waals surface area (Å²) in [6.07, 6.45) is 0. The molecule has 2 N–H and O–H groups in total. The van der Waals surface area contributed by atoms with Crippen LogP contribution in [0, 0.1) is 10.1 Å². The molecule has 0 fully saturated rings. The van der Waals surface area contributed by atoms with Gasteiger partial charge in [0.25, 0.3) is 5.69 Å². The van der Waals surface area contributed by atoms with E-state index in [0.29, 0.717) is 5.56 Å². The topological polar surface area (TPSA) is 110 Å². The average molecular weight is 387 g/mol. The van der Waals surface area contributed by atoms with Crippen LogP contribution >= 0.6 is 0 Å². The van der Waals surface area contributed by atoms with Gasteiger partial charge in [-0.15, -0.1) is 0 Å². The molecule has 2 unspecified atom stereocenters. The summed E-state index contributed by atoms with van der Waals surface area (Å²) in [5.74, 6) is 0.278. The summed E-state index contributed by atoms with van der Waals surface area (Å²) in [5.41, 5.74) is 0.315. The molecular weight excluding hydrogens is 370 g/mol. The highest BCUT2D eigenvalue weighted by atomic mass is 32.2. The highest BCUT2D eigenvalue weighted by Crippen LogP contribution is 2.39. The van der Waals surface area contributed by atoms with E-state index in [0.717, 1.165) is 10.8 Å². The first-order chi connectivity index (χ1) is 13.0. The van der Waals surface area contributed by atoms with E-state index in [1.807, 2.05) is 24.3 Å². The first-order valence-corrected chi connectivity index (χ1v) is 9.29. The van der Waals surface area contributed by atoms with Crippen molar-refractivity contribution in [2.24, 2.45) is 0 Å². The molecule has 0 aliphatic carbocycles.